The average molecular weight is 250 g/mol. The van der Waals surface area contributed by atoms with Gasteiger partial charge in [0.05, 0.1) is 19.2 Å². The highest BCUT2D eigenvalue weighted by Gasteiger charge is 2.15. The van der Waals surface area contributed by atoms with Crippen LogP contribution < -0.4 is 15.8 Å². The molecule has 0 aliphatic carbocycles. The summed E-state index contributed by atoms with van der Waals surface area (Å²) in [5.74, 6) is 0.708. The molecule has 0 aromatic heterocycles. The molecule has 0 fully saturated rings. The van der Waals surface area contributed by atoms with Crippen LogP contribution >= 0.6 is 0 Å². The zero-order valence-corrected chi connectivity index (χ0v) is 11.3. The molecule has 3 N–H and O–H groups in total. The number of methoxy groups -OCH3 is 1. The number of carbonyl (C=O) groups excluding carboxylic acids is 1. The topological polar surface area (TPSA) is 64.4 Å². The van der Waals surface area contributed by atoms with Gasteiger partial charge in [0.2, 0.25) is 5.91 Å². The third-order valence-corrected chi connectivity index (χ3v) is 2.91. The molecule has 0 saturated carbocycles. The van der Waals surface area contributed by atoms with E-state index >= 15 is 0 Å². The van der Waals surface area contributed by atoms with Crippen molar-refractivity contribution in [2.45, 2.75) is 38.8 Å². The Morgan fingerprint density at radius 1 is 1.39 bits per heavy atom. The zero-order chi connectivity index (χ0) is 13.5. The van der Waals surface area contributed by atoms with Crippen LogP contribution in [0.15, 0.2) is 24.3 Å². The van der Waals surface area contributed by atoms with Crippen molar-refractivity contribution in [2.75, 3.05) is 7.11 Å². The van der Waals surface area contributed by atoms with Crippen LogP contribution in [0.4, 0.5) is 0 Å². The van der Waals surface area contributed by atoms with Crippen LogP contribution in [0.25, 0.3) is 0 Å². The molecule has 0 bridgehead atoms. The number of rotatable bonds is 6. The molecule has 0 aliphatic rings. The Kier molecular flexibility index (Phi) is 5.65. The number of benzene rings is 1. The standard InChI is InChI=1S/C14H22N2O2/c1-4-5-13(15)14(17)16-10(2)11-6-8-12(18-3)9-7-11/h6-10,13H,4-5,15H2,1-3H3,(H,16,17). The Hall–Kier alpha value is -1.55. The summed E-state index contributed by atoms with van der Waals surface area (Å²) in [6.07, 6.45) is 1.62. The fraction of sp³-hybridized carbons (Fsp3) is 0.500. The smallest absolute Gasteiger partial charge is 0.237 e. The van der Waals surface area contributed by atoms with Gasteiger partial charge in [-0.1, -0.05) is 25.5 Å². The van der Waals surface area contributed by atoms with E-state index in [2.05, 4.69) is 5.32 Å². The molecule has 0 radical (unpaired) electrons. The predicted octanol–water partition coefficient (Wildman–Crippen LogP) is 2.00. The van der Waals surface area contributed by atoms with Crippen LogP contribution in [0.2, 0.25) is 0 Å². The Labute approximate surface area is 109 Å². The second-order valence-electron chi connectivity index (χ2n) is 4.40. The van der Waals surface area contributed by atoms with Crippen molar-refractivity contribution in [3.63, 3.8) is 0 Å². The molecule has 4 heteroatoms. The number of ether oxygens (including phenoxy) is 1. The van der Waals surface area contributed by atoms with E-state index in [1.54, 1.807) is 7.11 Å². The highest BCUT2D eigenvalue weighted by Crippen LogP contribution is 2.17. The first kappa shape index (κ1) is 14.5. The van der Waals surface area contributed by atoms with E-state index in [0.29, 0.717) is 6.42 Å². The first-order valence-corrected chi connectivity index (χ1v) is 6.28. The second kappa shape index (κ2) is 7.01. The van der Waals surface area contributed by atoms with Gasteiger partial charge < -0.3 is 15.8 Å². The Morgan fingerprint density at radius 3 is 2.50 bits per heavy atom. The highest BCUT2D eigenvalue weighted by atomic mass is 16.5. The van der Waals surface area contributed by atoms with Crippen LogP contribution in [-0.4, -0.2) is 19.1 Å². The van der Waals surface area contributed by atoms with Gasteiger partial charge in [-0.3, -0.25) is 4.79 Å². The number of hydrogen-bond acceptors (Lipinski definition) is 3. The summed E-state index contributed by atoms with van der Waals surface area (Å²) in [4.78, 5) is 11.8. The lowest BCUT2D eigenvalue weighted by atomic mass is 10.1. The van der Waals surface area contributed by atoms with Crippen LogP contribution in [0, 0.1) is 0 Å². The van der Waals surface area contributed by atoms with E-state index in [1.807, 2.05) is 38.1 Å². The number of nitrogens with one attached hydrogen (secondary N) is 1. The van der Waals surface area contributed by atoms with Gasteiger partial charge in [0, 0.05) is 0 Å². The van der Waals surface area contributed by atoms with Crippen LogP contribution in [0.5, 0.6) is 5.75 Å². The Bertz CT molecular complexity index is 376. The molecule has 18 heavy (non-hydrogen) atoms. The van der Waals surface area contributed by atoms with E-state index < -0.39 is 6.04 Å². The van der Waals surface area contributed by atoms with Gasteiger partial charge in [-0.2, -0.15) is 0 Å². The van der Waals surface area contributed by atoms with Gasteiger partial charge in [-0.05, 0) is 31.0 Å². The molecule has 100 valence electrons. The lowest BCUT2D eigenvalue weighted by molar-refractivity contribution is -0.123. The van der Waals surface area contributed by atoms with Gasteiger partial charge in [0.15, 0.2) is 0 Å². The highest BCUT2D eigenvalue weighted by molar-refractivity contribution is 5.81. The normalized spacial score (nSPS) is 13.8. The Morgan fingerprint density at radius 2 is 2.00 bits per heavy atom. The summed E-state index contributed by atoms with van der Waals surface area (Å²) in [5.41, 5.74) is 6.80. The minimum absolute atomic E-state index is 0.0497. The van der Waals surface area contributed by atoms with Gasteiger partial charge in [-0.25, -0.2) is 0 Å². The minimum Gasteiger partial charge on any atom is -0.497 e. The van der Waals surface area contributed by atoms with Gasteiger partial charge >= 0.3 is 0 Å². The maximum Gasteiger partial charge on any atom is 0.237 e. The van der Waals surface area contributed by atoms with Crippen molar-refractivity contribution in [1.29, 1.82) is 0 Å². The average Bonchev–Trinajstić information content (AvgIpc) is 2.39. The SMILES string of the molecule is CCCC(N)C(=O)NC(C)c1ccc(OC)cc1. The molecule has 2 atom stereocenters. The molecule has 0 spiro atoms. The predicted molar refractivity (Wildman–Crippen MR) is 72.4 cm³/mol. The fourth-order valence-corrected chi connectivity index (χ4v) is 1.74. The summed E-state index contributed by atoms with van der Waals surface area (Å²) in [5, 5.41) is 2.91. The molecular formula is C14H22N2O2. The molecule has 4 nitrogen and oxygen atoms in total. The molecule has 2 unspecified atom stereocenters. The van der Waals surface area contributed by atoms with Crippen molar-refractivity contribution in [3.8, 4) is 5.75 Å². The van der Waals surface area contributed by atoms with E-state index in [0.717, 1.165) is 17.7 Å². The van der Waals surface area contributed by atoms with E-state index in [9.17, 15) is 4.79 Å². The molecule has 0 saturated heterocycles. The quantitative estimate of drug-likeness (QED) is 0.811. The molecule has 1 rings (SSSR count). The minimum atomic E-state index is -0.421. The summed E-state index contributed by atoms with van der Waals surface area (Å²) in [7, 11) is 1.63. The number of hydrogen-bond donors (Lipinski definition) is 2. The molecule has 1 aromatic rings. The number of amides is 1. The van der Waals surface area contributed by atoms with Crippen LogP contribution in [0.1, 0.15) is 38.3 Å². The first-order valence-electron chi connectivity index (χ1n) is 6.28. The van der Waals surface area contributed by atoms with Crippen LogP contribution in [-0.2, 0) is 4.79 Å². The van der Waals surface area contributed by atoms with Crippen LogP contribution in [0.3, 0.4) is 0 Å². The largest absolute Gasteiger partial charge is 0.497 e. The Balaban J connectivity index is 2.58. The summed E-state index contributed by atoms with van der Waals surface area (Å²) < 4.78 is 5.09. The van der Waals surface area contributed by atoms with Gasteiger partial charge in [0.25, 0.3) is 0 Å². The second-order valence-corrected chi connectivity index (χ2v) is 4.40. The number of carbonyl (C=O) groups is 1. The molecular weight excluding hydrogens is 228 g/mol. The summed E-state index contributed by atoms with van der Waals surface area (Å²) >= 11 is 0. The lowest BCUT2D eigenvalue weighted by Crippen LogP contribution is -2.41. The van der Waals surface area contributed by atoms with Gasteiger partial charge in [0.1, 0.15) is 5.75 Å². The first-order chi connectivity index (χ1) is 8.58. The third kappa shape index (κ3) is 4.04. The molecule has 1 amide bonds. The lowest BCUT2D eigenvalue weighted by Gasteiger charge is -2.17. The molecule has 1 aromatic carbocycles. The monoisotopic (exact) mass is 250 g/mol. The zero-order valence-electron chi connectivity index (χ0n) is 11.3. The summed E-state index contributed by atoms with van der Waals surface area (Å²) in [6.45, 7) is 3.96. The maximum absolute atomic E-state index is 11.8. The van der Waals surface area contributed by atoms with Crippen molar-refractivity contribution >= 4 is 5.91 Å². The maximum atomic E-state index is 11.8. The molecule has 0 heterocycles. The van der Waals surface area contributed by atoms with E-state index in [1.165, 1.54) is 0 Å². The van der Waals surface area contributed by atoms with Gasteiger partial charge in [-0.15, -0.1) is 0 Å². The van der Waals surface area contributed by atoms with E-state index in [4.69, 9.17) is 10.5 Å². The van der Waals surface area contributed by atoms with Crippen molar-refractivity contribution in [1.82, 2.24) is 5.32 Å². The molecule has 0 aliphatic heterocycles. The van der Waals surface area contributed by atoms with Crippen molar-refractivity contribution in [3.05, 3.63) is 29.8 Å². The number of nitrogens with two attached hydrogens (primary N) is 1. The van der Waals surface area contributed by atoms with Crippen molar-refractivity contribution < 1.29 is 9.53 Å². The van der Waals surface area contributed by atoms with Crippen molar-refractivity contribution in [2.24, 2.45) is 5.73 Å². The third-order valence-electron chi connectivity index (χ3n) is 2.91. The van der Waals surface area contributed by atoms with E-state index in [-0.39, 0.29) is 11.9 Å². The fourth-order valence-electron chi connectivity index (χ4n) is 1.74. The summed E-state index contributed by atoms with van der Waals surface area (Å²) in [6, 6.07) is 7.17.